The summed E-state index contributed by atoms with van der Waals surface area (Å²) in [4.78, 5) is 30.2. The van der Waals surface area contributed by atoms with E-state index in [1.54, 1.807) is 4.90 Å². The molecule has 45 heavy (non-hydrogen) atoms. The monoisotopic (exact) mass is 600 g/mol. The molecule has 7 rings (SSSR count). The number of nitrogens with zero attached hydrogens (tertiary/aromatic N) is 3. The summed E-state index contributed by atoms with van der Waals surface area (Å²) in [5.41, 5.74) is 5.75. The zero-order valence-electron chi connectivity index (χ0n) is 25.7. The van der Waals surface area contributed by atoms with Crippen LogP contribution >= 0.6 is 0 Å². The maximum Gasteiger partial charge on any atom is 0.329 e. The number of hydrogen-bond donors (Lipinski definition) is 2. The Morgan fingerprint density at radius 2 is 1.31 bits per heavy atom. The minimum Gasteiger partial charge on any atom is -0.458 e. The maximum absolute atomic E-state index is 14.9. The summed E-state index contributed by atoms with van der Waals surface area (Å²) < 4.78 is 6.01. The molecule has 3 aliphatic rings. The number of nitrogens with one attached hydrogen (secondary N) is 2. The molecule has 0 saturated carbocycles. The quantitative estimate of drug-likeness (QED) is 0.175. The molecule has 3 heterocycles. The number of ether oxygens (including phenoxy) is 1. The lowest BCUT2D eigenvalue weighted by atomic mass is 9.75. The Bertz CT molecular complexity index is 1610. The Morgan fingerprint density at radius 1 is 0.822 bits per heavy atom. The molecule has 8 heteroatoms. The molecule has 0 aromatic heterocycles. The molecule has 1 amide bonds. The number of esters is 1. The van der Waals surface area contributed by atoms with Crippen molar-refractivity contribution in [2.45, 2.75) is 62.6 Å². The number of fused-ring (bicyclic) bond motifs is 3. The number of hydrazone groups is 1. The van der Waals surface area contributed by atoms with Gasteiger partial charge in [-0.15, -0.1) is 15.2 Å². The number of quaternary nitrogens is 1. The first kappa shape index (κ1) is 29.0. The van der Waals surface area contributed by atoms with Gasteiger partial charge in [-0.05, 0) is 37.5 Å². The van der Waals surface area contributed by atoms with Crippen LogP contribution in [0.3, 0.4) is 0 Å². The normalized spacial score (nSPS) is 25.5. The predicted octanol–water partition coefficient (Wildman–Crippen LogP) is 5.10. The molecule has 5 unspecified atom stereocenters. The van der Waals surface area contributed by atoms with Crippen LogP contribution in [0.5, 0.6) is 0 Å². The fourth-order valence-electron chi connectivity index (χ4n) is 7.28. The molecule has 0 radical (unpaired) electrons. The molecule has 2 N–H and O–H groups in total. The minimum absolute atomic E-state index is 0.154. The van der Waals surface area contributed by atoms with E-state index in [4.69, 9.17) is 4.74 Å². The predicted molar refractivity (Wildman–Crippen MR) is 175 cm³/mol. The average molecular weight is 601 g/mol. The Kier molecular flexibility index (Phi) is 7.06. The van der Waals surface area contributed by atoms with Crippen LogP contribution in [0.1, 0.15) is 43.9 Å². The van der Waals surface area contributed by atoms with Crippen LogP contribution in [0, 0.1) is 0 Å². The molecular weight excluding hydrogens is 562 g/mol. The molecule has 4 aromatic carbocycles. The molecule has 8 nitrogen and oxygen atoms in total. The van der Waals surface area contributed by atoms with Crippen LogP contribution in [0.25, 0.3) is 0 Å². The zero-order chi connectivity index (χ0) is 31.2. The largest absolute Gasteiger partial charge is 0.458 e. The lowest BCUT2D eigenvalue weighted by molar-refractivity contribution is -0.197. The standard InChI is InChI=1S/C37H38N5O3/c1-36(2,3)45-35(44)30-24-32-41(30)34(43)33(31-25-38-40-42(31,32)29-22-14-7-15-23-29)39-37(26-16-8-4-9-17-26,27-18-10-5-11-19-27)28-20-12-6-13-21-28/h4-23,25,30-33,39-40H,24H2,1-3H3/q+1. The number of rotatable bonds is 7. The van der Waals surface area contributed by atoms with E-state index in [2.05, 4.69) is 64.5 Å². The molecular formula is C37H38N5O3+. The lowest BCUT2D eigenvalue weighted by Crippen LogP contribution is -2.88. The van der Waals surface area contributed by atoms with Gasteiger partial charge in [-0.3, -0.25) is 15.0 Å². The molecule has 228 valence electrons. The van der Waals surface area contributed by atoms with Gasteiger partial charge in [0, 0.05) is 12.1 Å². The highest BCUT2D eigenvalue weighted by molar-refractivity contribution is 5.96. The molecule has 0 aliphatic carbocycles. The SMILES string of the molecule is CC(C)(C)OC(=O)C1CC2N1C(=O)C(NC(c1ccccc1)(c1ccccc1)c1ccccc1)C1C=NN[N+]12c1ccccc1. The van der Waals surface area contributed by atoms with Crippen LogP contribution in [0.2, 0.25) is 0 Å². The first-order valence-electron chi connectivity index (χ1n) is 15.5. The molecule has 2 saturated heterocycles. The van der Waals surface area contributed by atoms with Crippen molar-refractivity contribution >= 4 is 23.8 Å². The van der Waals surface area contributed by atoms with Gasteiger partial charge in [-0.2, -0.15) is 0 Å². The minimum atomic E-state index is -0.911. The molecule has 5 atom stereocenters. The van der Waals surface area contributed by atoms with Gasteiger partial charge in [0.2, 0.25) is 0 Å². The van der Waals surface area contributed by atoms with E-state index in [0.29, 0.717) is 6.42 Å². The second kappa shape index (κ2) is 11.0. The Morgan fingerprint density at radius 3 is 1.80 bits per heavy atom. The fraction of sp³-hybridized carbons (Fsp3) is 0.270. The summed E-state index contributed by atoms with van der Waals surface area (Å²) in [5, 5.41) is 8.56. The van der Waals surface area contributed by atoms with Crippen molar-refractivity contribution in [1.82, 2.24) is 20.3 Å². The van der Waals surface area contributed by atoms with Gasteiger partial charge in [0.1, 0.15) is 17.7 Å². The van der Waals surface area contributed by atoms with Crippen LogP contribution in [-0.4, -0.2) is 52.9 Å². The summed E-state index contributed by atoms with van der Waals surface area (Å²) in [6, 6.07) is 38.9. The van der Waals surface area contributed by atoms with Gasteiger partial charge in [0.15, 0.2) is 17.9 Å². The van der Waals surface area contributed by atoms with E-state index in [1.807, 2.05) is 99.8 Å². The smallest absolute Gasteiger partial charge is 0.329 e. The molecule has 4 aromatic rings. The van der Waals surface area contributed by atoms with Crippen molar-refractivity contribution in [1.29, 1.82) is 0 Å². The molecule has 2 fully saturated rings. The summed E-state index contributed by atoms with van der Waals surface area (Å²) in [6.45, 7) is 5.55. The lowest BCUT2D eigenvalue weighted by Gasteiger charge is -2.60. The van der Waals surface area contributed by atoms with Gasteiger partial charge in [0.25, 0.3) is 5.91 Å². The topological polar surface area (TPSA) is 83.0 Å². The number of hydrogen-bond acceptors (Lipinski definition) is 6. The number of carbonyl (C=O) groups is 2. The zero-order valence-corrected chi connectivity index (χ0v) is 25.7. The maximum atomic E-state index is 14.9. The number of carbonyl (C=O) groups excluding carboxylic acids is 2. The van der Waals surface area contributed by atoms with Gasteiger partial charge in [-0.25, -0.2) is 4.79 Å². The third kappa shape index (κ3) is 4.64. The number of amides is 1. The molecule has 0 bridgehead atoms. The van der Waals surface area contributed by atoms with E-state index in [0.717, 1.165) is 22.4 Å². The van der Waals surface area contributed by atoms with E-state index in [-0.39, 0.29) is 16.7 Å². The third-order valence-electron chi connectivity index (χ3n) is 9.20. The Balaban J connectivity index is 1.42. The number of para-hydroxylation sites is 1. The van der Waals surface area contributed by atoms with Gasteiger partial charge >= 0.3 is 5.97 Å². The highest BCUT2D eigenvalue weighted by Gasteiger charge is 2.70. The van der Waals surface area contributed by atoms with Gasteiger partial charge in [-0.1, -0.05) is 109 Å². The summed E-state index contributed by atoms with van der Waals surface area (Å²) in [7, 11) is 0. The van der Waals surface area contributed by atoms with Gasteiger partial charge < -0.3 is 4.74 Å². The molecule has 3 aliphatic heterocycles. The Labute approximate surface area is 263 Å². The molecule has 0 spiro atoms. The van der Waals surface area contributed by atoms with Crippen LogP contribution in [0.4, 0.5) is 5.69 Å². The summed E-state index contributed by atoms with van der Waals surface area (Å²) >= 11 is 0. The van der Waals surface area contributed by atoms with Crippen LogP contribution < -0.4 is 15.4 Å². The van der Waals surface area contributed by atoms with Crippen molar-refractivity contribution in [3.8, 4) is 0 Å². The first-order chi connectivity index (χ1) is 21.8. The van der Waals surface area contributed by atoms with E-state index in [9.17, 15) is 9.59 Å². The third-order valence-corrected chi connectivity index (χ3v) is 9.20. The summed E-state index contributed by atoms with van der Waals surface area (Å²) in [6.07, 6.45) is 1.96. The number of benzene rings is 4. The van der Waals surface area contributed by atoms with E-state index >= 15 is 0 Å². The van der Waals surface area contributed by atoms with Crippen molar-refractivity contribution in [2.75, 3.05) is 0 Å². The second-order valence-electron chi connectivity index (χ2n) is 13.0. The Hall–Kier alpha value is -4.79. The van der Waals surface area contributed by atoms with E-state index < -0.39 is 35.2 Å². The van der Waals surface area contributed by atoms with Crippen molar-refractivity contribution in [3.63, 3.8) is 0 Å². The van der Waals surface area contributed by atoms with Crippen molar-refractivity contribution in [3.05, 3.63) is 138 Å². The first-order valence-corrected chi connectivity index (χ1v) is 15.5. The van der Waals surface area contributed by atoms with Crippen LogP contribution in [-0.2, 0) is 19.9 Å². The summed E-state index contributed by atoms with van der Waals surface area (Å²) in [5.74, 6) is -0.546. The second-order valence-corrected chi connectivity index (χ2v) is 13.0. The fourth-order valence-corrected chi connectivity index (χ4v) is 7.28. The highest BCUT2D eigenvalue weighted by atomic mass is 16.6. The van der Waals surface area contributed by atoms with Crippen LogP contribution in [0.15, 0.2) is 126 Å². The van der Waals surface area contributed by atoms with Crippen molar-refractivity contribution < 1.29 is 14.3 Å². The van der Waals surface area contributed by atoms with Gasteiger partial charge in [0.05, 0.1) is 18.2 Å². The average Bonchev–Trinajstić information content (AvgIpc) is 3.47. The highest BCUT2D eigenvalue weighted by Crippen LogP contribution is 2.47. The van der Waals surface area contributed by atoms with E-state index in [1.165, 1.54) is 0 Å². The van der Waals surface area contributed by atoms with Crippen molar-refractivity contribution in [2.24, 2.45) is 5.10 Å².